The van der Waals surface area contributed by atoms with Crippen LogP contribution in [0.2, 0.25) is 0 Å². The van der Waals surface area contributed by atoms with Gasteiger partial charge in [0.15, 0.2) is 0 Å². The van der Waals surface area contributed by atoms with Gasteiger partial charge in [-0.05, 0) is 57.2 Å². The van der Waals surface area contributed by atoms with Crippen molar-refractivity contribution in [1.82, 2.24) is 4.90 Å². The standard InChI is InChI=1S/C15H27F3N2/c1-2-11-3-4-12(10-19)14(9-11)20-7-5-13(6-8-20)15(16,17)18/h11-14H,2-10,19H2,1H3. The molecule has 1 aliphatic heterocycles. The van der Waals surface area contributed by atoms with Gasteiger partial charge >= 0.3 is 6.18 Å². The topological polar surface area (TPSA) is 29.3 Å². The van der Waals surface area contributed by atoms with E-state index in [-0.39, 0.29) is 12.8 Å². The van der Waals surface area contributed by atoms with E-state index in [1.165, 1.54) is 12.8 Å². The average Bonchev–Trinajstić information content (AvgIpc) is 2.45. The second-order valence-electron chi connectivity index (χ2n) is 6.50. The SMILES string of the molecule is CCC1CCC(CN)C(N2CCC(C(F)(F)F)CC2)C1. The Hall–Kier alpha value is -0.290. The molecule has 1 saturated carbocycles. The molecule has 2 rings (SSSR count). The molecule has 0 radical (unpaired) electrons. The van der Waals surface area contributed by atoms with E-state index in [9.17, 15) is 13.2 Å². The van der Waals surface area contributed by atoms with Crippen molar-refractivity contribution in [1.29, 1.82) is 0 Å². The van der Waals surface area contributed by atoms with E-state index in [4.69, 9.17) is 5.73 Å². The molecule has 1 heterocycles. The molecule has 0 aromatic heterocycles. The first-order valence-electron chi connectivity index (χ1n) is 7.96. The number of piperidine rings is 1. The van der Waals surface area contributed by atoms with Crippen molar-refractivity contribution < 1.29 is 13.2 Å². The van der Waals surface area contributed by atoms with E-state index in [0.29, 0.717) is 31.6 Å². The van der Waals surface area contributed by atoms with Crippen LogP contribution in [0.3, 0.4) is 0 Å². The van der Waals surface area contributed by atoms with Crippen molar-refractivity contribution in [2.24, 2.45) is 23.5 Å². The normalized spacial score (nSPS) is 34.4. The minimum atomic E-state index is -4.02. The second kappa shape index (κ2) is 6.65. The molecule has 1 saturated heterocycles. The van der Waals surface area contributed by atoms with Crippen LogP contribution in [0.4, 0.5) is 13.2 Å². The molecule has 0 spiro atoms. The molecule has 2 fully saturated rings. The fourth-order valence-electron chi connectivity index (χ4n) is 3.95. The highest BCUT2D eigenvalue weighted by Crippen LogP contribution is 2.38. The predicted octanol–water partition coefficient (Wildman–Crippen LogP) is 3.41. The molecule has 2 N–H and O–H groups in total. The number of rotatable bonds is 3. The fraction of sp³-hybridized carbons (Fsp3) is 1.00. The van der Waals surface area contributed by atoms with Crippen LogP contribution in [-0.2, 0) is 0 Å². The van der Waals surface area contributed by atoms with Gasteiger partial charge in [-0.1, -0.05) is 19.8 Å². The average molecular weight is 292 g/mol. The number of likely N-dealkylation sites (tertiary alicyclic amines) is 1. The summed E-state index contributed by atoms with van der Waals surface area (Å²) < 4.78 is 38.2. The summed E-state index contributed by atoms with van der Waals surface area (Å²) >= 11 is 0. The Bertz CT molecular complexity index is 298. The van der Waals surface area contributed by atoms with E-state index in [2.05, 4.69) is 11.8 Å². The molecule has 20 heavy (non-hydrogen) atoms. The van der Waals surface area contributed by atoms with Crippen molar-refractivity contribution in [2.75, 3.05) is 19.6 Å². The summed E-state index contributed by atoms with van der Waals surface area (Å²) in [6, 6.07) is 0.410. The van der Waals surface area contributed by atoms with Crippen LogP contribution in [0.5, 0.6) is 0 Å². The third-order valence-electron chi connectivity index (χ3n) is 5.41. The van der Waals surface area contributed by atoms with Gasteiger partial charge in [-0.3, -0.25) is 0 Å². The van der Waals surface area contributed by atoms with Crippen LogP contribution in [0.25, 0.3) is 0 Å². The molecule has 118 valence electrons. The summed E-state index contributed by atoms with van der Waals surface area (Å²) in [6.45, 7) is 4.05. The molecule has 2 nitrogen and oxygen atoms in total. The lowest BCUT2D eigenvalue weighted by Gasteiger charge is -2.45. The lowest BCUT2D eigenvalue weighted by atomic mass is 9.76. The Labute approximate surface area is 119 Å². The largest absolute Gasteiger partial charge is 0.391 e. The zero-order valence-electron chi connectivity index (χ0n) is 12.3. The minimum absolute atomic E-state index is 0.258. The smallest absolute Gasteiger partial charge is 0.330 e. The maximum Gasteiger partial charge on any atom is 0.391 e. The van der Waals surface area contributed by atoms with Crippen molar-refractivity contribution in [3.63, 3.8) is 0 Å². The maximum absolute atomic E-state index is 12.7. The lowest BCUT2D eigenvalue weighted by molar-refractivity contribution is -0.187. The Morgan fingerprint density at radius 2 is 1.75 bits per heavy atom. The number of halogens is 3. The van der Waals surface area contributed by atoms with E-state index >= 15 is 0 Å². The van der Waals surface area contributed by atoms with Gasteiger partial charge in [-0.15, -0.1) is 0 Å². The van der Waals surface area contributed by atoms with Crippen molar-refractivity contribution in [2.45, 2.75) is 57.7 Å². The first-order chi connectivity index (χ1) is 9.45. The predicted molar refractivity (Wildman–Crippen MR) is 74.3 cm³/mol. The third-order valence-corrected chi connectivity index (χ3v) is 5.41. The van der Waals surface area contributed by atoms with Crippen LogP contribution in [-0.4, -0.2) is 36.8 Å². The van der Waals surface area contributed by atoms with E-state index in [1.807, 2.05) is 0 Å². The van der Waals surface area contributed by atoms with Gasteiger partial charge in [0.1, 0.15) is 0 Å². The zero-order chi connectivity index (χ0) is 14.8. The summed E-state index contributed by atoms with van der Waals surface area (Å²) in [6.07, 6.45) is 1.16. The Morgan fingerprint density at radius 1 is 1.10 bits per heavy atom. The van der Waals surface area contributed by atoms with Gasteiger partial charge < -0.3 is 10.6 Å². The summed E-state index contributed by atoms with van der Waals surface area (Å²) in [5.41, 5.74) is 5.88. The van der Waals surface area contributed by atoms with E-state index in [0.717, 1.165) is 18.8 Å². The third kappa shape index (κ3) is 3.67. The number of alkyl halides is 3. The molecule has 5 heteroatoms. The van der Waals surface area contributed by atoms with E-state index < -0.39 is 12.1 Å². The molecule has 0 aromatic carbocycles. The van der Waals surface area contributed by atoms with Crippen LogP contribution in [0, 0.1) is 17.8 Å². The second-order valence-corrected chi connectivity index (χ2v) is 6.50. The zero-order valence-corrected chi connectivity index (χ0v) is 12.3. The molecular weight excluding hydrogens is 265 g/mol. The number of hydrogen-bond donors (Lipinski definition) is 1. The van der Waals surface area contributed by atoms with Crippen molar-refractivity contribution in [3.05, 3.63) is 0 Å². The minimum Gasteiger partial charge on any atom is -0.330 e. The Morgan fingerprint density at radius 3 is 2.25 bits per heavy atom. The highest BCUT2D eigenvalue weighted by molar-refractivity contribution is 4.90. The Kier molecular flexibility index (Phi) is 5.35. The highest BCUT2D eigenvalue weighted by Gasteiger charge is 2.43. The van der Waals surface area contributed by atoms with E-state index in [1.54, 1.807) is 0 Å². The van der Waals surface area contributed by atoms with Gasteiger partial charge in [-0.2, -0.15) is 13.2 Å². The molecule has 0 bridgehead atoms. The molecule has 0 aromatic rings. The summed E-state index contributed by atoms with van der Waals surface area (Å²) in [4.78, 5) is 2.29. The molecular formula is C15H27F3N2. The van der Waals surface area contributed by atoms with Crippen LogP contribution in [0.15, 0.2) is 0 Å². The number of hydrogen-bond acceptors (Lipinski definition) is 2. The first kappa shape index (κ1) is 16.1. The molecule has 2 aliphatic rings. The Balaban J connectivity index is 1.93. The quantitative estimate of drug-likeness (QED) is 0.863. The summed E-state index contributed by atoms with van der Waals surface area (Å²) in [5.74, 6) is 0.101. The molecule has 0 amide bonds. The number of nitrogens with two attached hydrogens (primary N) is 1. The van der Waals surface area contributed by atoms with Gasteiger partial charge in [0, 0.05) is 6.04 Å². The van der Waals surface area contributed by atoms with Crippen molar-refractivity contribution in [3.8, 4) is 0 Å². The maximum atomic E-state index is 12.7. The first-order valence-corrected chi connectivity index (χ1v) is 7.96. The van der Waals surface area contributed by atoms with Crippen LogP contribution >= 0.6 is 0 Å². The van der Waals surface area contributed by atoms with Gasteiger partial charge in [0.05, 0.1) is 5.92 Å². The van der Waals surface area contributed by atoms with Crippen molar-refractivity contribution >= 4 is 0 Å². The van der Waals surface area contributed by atoms with Crippen LogP contribution < -0.4 is 5.73 Å². The molecule has 3 atom stereocenters. The summed E-state index contributed by atoms with van der Waals surface area (Å²) in [5, 5.41) is 0. The lowest BCUT2D eigenvalue weighted by Crippen LogP contribution is -2.51. The highest BCUT2D eigenvalue weighted by atomic mass is 19.4. The number of nitrogens with zero attached hydrogens (tertiary/aromatic N) is 1. The molecule has 3 unspecified atom stereocenters. The van der Waals surface area contributed by atoms with Crippen LogP contribution in [0.1, 0.15) is 45.4 Å². The molecule has 1 aliphatic carbocycles. The van der Waals surface area contributed by atoms with Gasteiger partial charge in [0.25, 0.3) is 0 Å². The monoisotopic (exact) mass is 292 g/mol. The van der Waals surface area contributed by atoms with Gasteiger partial charge in [0.2, 0.25) is 0 Å². The van der Waals surface area contributed by atoms with Gasteiger partial charge in [-0.25, -0.2) is 0 Å². The summed E-state index contributed by atoms with van der Waals surface area (Å²) in [7, 11) is 0. The fourth-order valence-corrected chi connectivity index (χ4v) is 3.95.